The summed E-state index contributed by atoms with van der Waals surface area (Å²) in [6, 6.07) is -0.393. The van der Waals surface area contributed by atoms with Crippen molar-refractivity contribution >= 4 is 28.8 Å². The van der Waals surface area contributed by atoms with Crippen LogP contribution in [0.2, 0.25) is 0 Å². The normalized spacial score (nSPS) is 14.0. The number of carboxylic acid groups (broad SMARTS) is 1. The minimum atomic E-state index is -0.790. The first-order valence-corrected chi connectivity index (χ1v) is 3.13. The molecule has 0 fully saturated rings. The van der Waals surface area contributed by atoms with Gasteiger partial charge >= 0.3 is 5.97 Å². The van der Waals surface area contributed by atoms with Gasteiger partial charge in [0, 0.05) is 22.9 Å². The molecule has 0 bridgehead atoms. The van der Waals surface area contributed by atoms with Gasteiger partial charge in [0.05, 0.1) is 0 Å². The Balaban J connectivity index is 3.64. The Bertz CT molecular complexity index is 94.0. The van der Waals surface area contributed by atoms with Crippen molar-refractivity contribution in [3.63, 3.8) is 0 Å². The second kappa shape index (κ2) is 3.24. The van der Waals surface area contributed by atoms with Crippen LogP contribution in [0.25, 0.3) is 0 Å². The number of hydrogen-bond acceptors (Lipinski definition) is 2. The van der Waals surface area contributed by atoms with Crippen LogP contribution in [0.15, 0.2) is 0 Å². The number of carbonyl (C=O) groups is 1. The third-order valence-electron chi connectivity index (χ3n) is 0.891. The second-order valence-electron chi connectivity index (χ2n) is 1.54. The van der Waals surface area contributed by atoms with E-state index in [1.54, 1.807) is 17.1 Å². The highest BCUT2D eigenvalue weighted by atomic mass is 127. The first kappa shape index (κ1) is 8.16. The number of likely N-dealkylation sites (N-methyl/N-ethyl adjacent to an activating group) is 1. The van der Waals surface area contributed by atoms with Crippen LogP contribution in [0, 0.1) is 0 Å². The van der Waals surface area contributed by atoms with Gasteiger partial charge in [0.15, 0.2) is 0 Å². The van der Waals surface area contributed by atoms with Crippen LogP contribution >= 0.6 is 22.9 Å². The van der Waals surface area contributed by atoms with Crippen molar-refractivity contribution in [2.24, 2.45) is 0 Å². The number of rotatable bonds is 2. The Morgan fingerprint density at radius 1 is 1.88 bits per heavy atom. The Kier molecular flexibility index (Phi) is 3.30. The van der Waals surface area contributed by atoms with Gasteiger partial charge < -0.3 is 5.11 Å². The fraction of sp³-hybridized carbons (Fsp3) is 0.750. The highest BCUT2D eigenvalue weighted by molar-refractivity contribution is 14.1. The molecule has 0 saturated heterocycles. The van der Waals surface area contributed by atoms with Crippen LogP contribution in [0.4, 0.5) is 0 Å². The van der Waals surface area contributed by atoms with Gasteiger partial charge in [-0.3, -0.25) is 4.79 Å². The Hall–Kier alpha value is 0.160. The standard InChI is InChI=1S/C4H8INO2/c1-3(4(7)8)6(2)5/h3H,1-2H3,(H,7,8). The average Bonchev–Trinajstić information content (AvgIpc) is 1.64. The highest BCUT2D eigenvalue weighted by Gasteiger charge is 2.12. The molecule has 0 saturated carbocycles. The van der Waals surface area contributed by atoms with Crippen molar-refractivity contribution in [3.05, 3.63) is 0 Å². The van der Waals surface area contributed by atoms with Gasteiger partial charge in [0.2, 0.25) is 0 Å². The van der Waals surface area contributed by atoms with E-state index < -0.39 is 12.0 Å². The lowest BCUT2D eigenvalue weighted by atomic mass is 10.4. The topological polar surface area (TPSA) is 40.5 Å². The van der Waals surface area contributed by atoms with Crippen molar-refractivity contribution in [3.8, 4) is 0 Å². The van der Waals surface area contributed by atoms with Gasteiger partial charge in [-0.15, -0.1) is 0 Å². The predicted octanol–water partition coefficient (Wildman–Crippen LogP) is 0.741. The van der Waals surface area contributed by atoms with Gasteiger partial charge in [-0.05, 0) is 14.0 Å². The molecule has 0 aromatic rings. The van der Waals surface area contributed by atoms with Crippen LogP contribution in [-0.4, -0.2) is 27.3 Å². The zero-order valence-electron chi connectivity index (χ0n) is 4.76. The van der Waals surface area contributed by atoms with E-state index in [1.807, 2.05) is 22.9 Å². The number of nitrogens with zero attached hydrogens (tertiary/aromatic N) is 1. The van der Waals surface area contributed by atoms with Crippen LogP contribution in [-0.2, 0) is 4.79 Å². The van der Waals surface area contributed by atoms with E-state index in [1.165, 1.54) is 0 Å². The van der Waals surface area contributed by atoms with E-state index in [-0.39, 0.29) is 0 Å². The van der Waals surface area contributed by atoms with Gasteiger partial charge in [0.1, 0.15) is 6.04 Å². The molecule has 0 spiro atoms. The Labute approximate surface area is 62.2 Å². The number of carboxylic acids is 1. The minimum Gasteiger partial charge on any atom is -0.480 e. The first-order valence-electron chi connectivity index (χ1n) is 2.17. The molecule has 4 heteroatoms. The van der Waals surface area contributed by atoms with Crippen molar-refractivity contribution in [2.45, 2.75) is 13.0 Å². The largest absolute Gasteiger partial charge is 0.480 e. The fourth-order valence-corrected chi connectivity index (χ4v) is 0.390. The molecule has 1 unspecified atom stereocenters. The number of halogens is 1. The lowest BCUT2D eigenvalue weighted by Gasteiger charge is -2.10. The fourth-order valence-electron chi connectivity index (χ4n) is 0.152. The molecule has 0 aliphatic heterocycles. The molecule has 0 amide bonds. The van der Waals surface area contributed by atoms with E-state index in [2.05, 4.69) is 0 Å². The van der Waals surface area contributed by atoms with E-state index in [4.69, 9.17) is 5.11 Å². The summed E-state index contributed by atoms with van der Waals surface area (Å²) in [7, 11) is 1.72. The van der Waals surface area contributed by atoms with Gasteiger partial charge in [0.25, 0.3) is 0 Å². The van der Waals surface area contributed by atoms with Gasteiger partial charge in [-0.1, -0.05) is 0 Å². The van der Waals surface area contributed by atoms with Crippen LogP contribution in [0.3, 0.4) is 0 Å². The van der Waals surface area contributed by atoms with Crippen molar-refractivity contribution in [1.29, 1.82) is 0 Å². The molecule has 8 heavy (non-hydrogen) atoms. The molecule has 1 N–H and O–H groups in total. The highest BCUT2D eigenvalue weighted by Crippen LogP contribution is 2.00. The molecule has 3 nitrogen and oxygen atoms in total. The summed E-state index contributed by atoms with van der Waals surface area (Å²) < 4.78 is 1.61. The van der Waals surface area contributed by atoms with E-state index in [0.717, 1.165) is 0 Å². The maximum atomic E-state index is 10.1. The zero-order chi connectivity index (χ0) is 6.73. The lowest BCUT2D eigenvalue weighted by molar-refractivity contribution is -0.140. The first-order chi connectivity index (χ1) is 3.55. The summed E-state index contributed by atoms with van der Waals surface area (Å²) in [5, 5.41) is 8.31. The van der Waals surface area contributed by atoms with Crippen molar-refractivity contribution in [1.82, 2.24) is 3.11 Å². The molecule has 0 heterocycles. The average molecular weight is 229 g/mol. The molecule has 0 rings (SSSR count). The quantitative estimate of drug-likeness (QED) is 0.560. The predicted molar refractivity (Wildman–Crippen MR) is 38.9 cm³/mol. The van der Waals surface area contributed by atoms with Crippen LogP contribution < -0.4 is 0 Å². The summed E-state index contributed by atoms with van der Waals surface area (Å²) in [4.78, 5) is 10.1. The lowest BCUT2D eigenvalue weighted by Crippen LogP contribution is -2.27. The van der Waals surface area contributed by atoms with Gasteiger partial charge in [-0.2, -0.15) is 0 Å². The summed E-state index contributed by atoms with van der Waals surface area (Å²) in [5.74, 6) is -0.790. The second-order valence-corrected chi connectivity index (χ2v) is 3.06. The molecule has 1 atom stereocenters. The Morgan fingerprint density at radius 3 is 2.25 bits per heavy atom. The molecule has 48 valence electrons. The van der Waals surface area contributed by atoms with Crippen LogP contribution in [0.5, 0.6) is 0 Å². The molecule has 0 radical (unpaired) electrons. The summed E-state index contributed by atoms with van der Waals surface area (Å²) in [5.41, 5.74) is 0. The Morgan fingerprint density at radius 2 is 2.25 bits per heavy atom. The minimum absolute atomic E-state index is 0.393. The number of hydrogen-bond donors (Lipinski definition) is 1. The molecular formula is C4H8INO2. The van der Waals surface area contributed by atoms with E-state index in [9.17, 15) is 4.79 Å². The molecule has 0 aliphatic rings. The summed E-state index contributed by atoms with van der Waals surface area (Å²) in [6.45, 7) is 1.63. The summed E-state index contributed by atoms with van der Waals surface area (Å²) in [6.07, 6.45) is 0. The molecule has 0 aromatic carbocycles. The smallest absolute Gasteiger partial charge is 0.321 e. The van der Waals surface area contributed by atoms with E-state index in [0.29, 0.717) is 0 Å². The van der Waals surface area contributed by atoms with Crippen LogP contribution in [0.1, 0.15) is 6.92 Å². The number of aliphatic carboxylic acids is 1. The third-order valence-corrected chi connectivity index (χ3v) is 1.73. The summed E-state index contributed by atoms with van der Waals surface area (Å²) >= 11 is 1.94. The monoisotopic (exact) mass is 229 g/mol. The SMILES string of the molecule is CC(C(=O)O)N(C)I. The van der Waals surface area contributed by atoms with Gasteiger partial charge in [-0.25, -0.2) is 3.11 Å². The molecule has 0 aromatic heterocycles. The van der Waals surface area contributed by atoms with E-state index >= 15 is 0 Å². The zero-order valence-corrected chi connectivity index (χ0v) is 6.92. The molecular weight excluding hydrogens is 221 g/mol. The maximum absolute atomic E-state index is 10.1. The van der Waals surface area contributed by atoms with Crippen molar-refractivity contribution in [2.75, 3.05) is 7.05 Å². The molecule has 0 aliphatic carbocycles. The maximum Gasteiger partial charge on any atom is 0.321 e. The third kappa shape index (κ3) is 2.46. The van der Waals surface area contributed by atoms with Crippen molar-refractivity contribution < 1.29 is 9.90 Å².